The predicted molar refractivity (Wildman–Crippen MR) is 110 cm³/mol. The summed E-state index contributed by atoms with van der Waals surface area (Å²) in [6, 6.07) is 16.6. The van der Waals surface area contributed by atoms with Crippen LogP contribution in [0.4, 0.5) is 4.39 Å². The molecule has 2 heterocycles. The third-order valence-corrected chi connectivity index (χ3v) is 4.64. The summed E-state index contributed by atoms with van der Waals surface area (Å²) in [5.41, 5.74) is 7.24. The molecule has 0 spiro atoms. The van der Waals surface area contributed by atoms with Crippen molar-refractivity contribution in [1.29, 1.82) is 0 Å². The van der Waals surface area contributed by atoms with Crippen LogP contribution in [0.25, 0.3) is 16.6 Å². The summed E-state index contributed by atoms with van der Waals surface area (Å²) >= 11 is 0. The van der Waals surface area contributed by atoms with E-state index in [2.05, 4.69) is 20.9 Å². The van der Waals surface area contributed by atoms with Crippen molar-refractivity contribution in [2.24, 2.45) is 0 Å². The van der Waals surface area contributed by atoms with Crippen LogP contribution in [0.2, 0.25) is 0 Å². The van der Waals surface area contributed by atoms with Crippen LogP contribution in [0.15, 0.2) is 66.9 Å². The van der Waals surface area contributed by atoms with Crippen molar-refractivity contribution in [3.63, 3.8) is 0 Å². The molecule has 150 valence electrons. The van der Waals surface area contributed by atoms with Gasteiger partial charge in [-0.25, -0.2) is 14.1 Å². The fourth-order valence-corrected chi connectivity index (χ4v) is 3.15. The van der Waals surface area contributed by atoms with E-state index < -0.39 is 11.8 Å². The van der Waals surface area contributed by atoms with Crippen LogP contribution in [0.1, 0.15) is 33.5 Å². The van der Waals surface area contributed by atoms with Gasteiger partial charge < -0.3 is 0 Å². The molecule has 0 unspecified atom stereocenters. The molecule has 0 atom stereocenters. The van der Waals surface area contributed by atoms with Gasteiger partial charge in [-0.1, -0.05) is 31.2 Å². The van der Waals surface area contributed by atoms with E-state index in [1.165, 1.54) is 18.3 Å². The number of nitrogens with one attached hydrogen (secondary N) is 2. The molecule has 0 aliphatic carbocycles. The number of hydrogen-bond donors (Lipinski definition) is 2. The minimum atomic E-state index is -0.530. The number of hydrazine groups is 1. The van der Waals surface area contributed by atoms with Crippen molar-refractivity contribution in [2.45, 2.75) is 13.3 Å². The summed E-state index contributed by atoms with van der Waals surface area (Å²) in [6.07, 6.45) is 1.93. The van der Waals surface area contributed by atoms with Gasteiger partial charge in [0.2, 0.25) is 0 Å². The van der Waals surface area contributed by atoms with Crippen LogP contribution >= 0.6 is 0 Å². The van der Waals surface area contributed by atoms with Crippen molar-refractivity contribution in [1.82, 2.24) is 25.6 Å². The lowest BCUT2D eigenvalue weighted by molar-refractivity contribution is 0.0843. The quantitative estimate of drug-likeness (QED) is 0.512. The Labute approximate surface area is 171 Å². The molecule has 8 heteroatoms. The number of benzene rings is 2. The number of fused-ring (bicyclic) bond motifs is 1. The van der Waals surface area contributed by atoms with Gasteiger partial charge in [0, 0.05) is 5.39 Å². The third-order valence-electron chi connectivity index (χ3n) is 4.64. The molecule has 0 fully saturated rings. The Morgan fingerprint density at radius 1 is 0.967 bits per heavy atom. The topological polar surface area (TPSA) is 88.9 Å². The smallest absolute Gasteiger partial charge is 0.267 e. The Hall–Kier alpha value is -4.07. The van der Waals surface area contributed by atoms with Crippen LogP contribution < -0.4 is 10.9 Å². The van der Waals surface area contributed by atoms with Gasteiger partial charge in [0.25, 0.3) is 11.8 Å². The fraction of sp³-hybridized carbons (Fsp3) is 0.0909. The van der Waals surface area contributed by atoms with Crippen LogP contribution in [0.3, 0.4) is 0 Å². The number of aromatic nitrogens is 3. The number of halogens is 1. The van der Waals surface area contributed by atoms with E-state index in [1.54, 1.807) is 28.9 Å². The molecule has 30 heavy (non-hydrogen) atoms. The van der Waals surface area contributed by atoms with Gasteiger partial charge in [-0.15, -0.1) is 0 Å². The molecule has 0 saturated heterocycles. The first kappa shape index (κ1) is 19.3. The predicted octanol–water partition coefficient (Wildman–Crippen LogP) is 3.20. The van der Waals surface area contributed by atoms with E-state index in [-0.39, 0.29) is 11.5 Å². The second kappa shape index (κ2) is 8.12. The summed E-state index contributed by atoms with van der Waals surface area (Å²) in [6.45, 7) is 1.88. The van der Waals surface area contributed by atoms with Gasteiger partial charge in [-0.2, -0.15) is 5.10 Å². The van der Waals surface area contributed by atoms with E-state index in [1.807, 2.05) is 31.2 Å². The molecule has 0 saturated carbocycles. The average Bonchev–Trinajstić information content (AvgIpc) is 3.21. The Morgan fingerprint density at radius 2 is 1.70 bits per heavy atom. The Bertz CT molecular complexity index is 1230. The summed E-state index contributed by atoms with van der Waals surface area (Å²) in [5, 5.41) is 5.15. The summed E-state index contributed by atoms with van der Waals surface area (Å²) in [7, 11) is 0. The van der Waals surface area contributed by atoms with E-state index in [4.69, 9.17) is 0 Å². The minimum absolute atomic E-state index is 0.187. The van der Waals surface area contributed by atoms with Gasteiger partial charge in [0.05, 0.1) is 28.7 Å². The van der Waals surface area contributed by atoms with Gasteiger partial charge in [-0.05, 0) is 42.8 Å². The highest BCUT2D eigenvalue weighted by Crippen LogP contribution is 2.16. The SMILES string of the molecule is CCc1c(C(=O)NNC(=O)c2ccc3ccccc3n2)cnn1-c1ccc(F)cc1. The Balaban J connectivity index is 1.49. The number of amides is 2. The van der Waals surface area contributed by atoms with Crippen LogP contribution in [-0.4, -0.2) is 26.6 Å². The third kappa shape index (κ3) is 3.75. The van der Waals surface area contributed by atoms with E-state index >= 15 is 0 Å². The maximum Gasteiger partial charge on any atom is 0.288 e. The normalized spacial score (nSPS) is 10.7. The maximum atomic E-state index is 13.2. The molecule has 2 amide bonds. The number of rotatable bonds is 4. The van der Waals surface area contributed by atoms with Crippen molar-refractivity contribution in [3.8, 4) is 5.69 Å². The maximum absolute atomic E-state index is 13.2. The van der Waals surface area contributed by atoms with Crippen molar-refractivity contribution >= 4 is 22.7 Å². The summed E-state index contributed by atoms with van der Waals surface area (Å²) < 4.78 is 14.8. The van der Waals surface area contributed by atoms with E-state index in [0.29, 0.717) is 28.9 Å². The average molecular weight is 403 g/mol. The molecule has 0 aliphatic rings. The molecule has 2 aromatic heterocycles. The lowest BCUT2D eigenvalue weighted by Crippen LogP contribution is -2.42. The molecule has 2 N–H and O–H groups in total. The van der Waals surface area contributed by atoms with E-state index in [0.717, 1.165) is 5.39 Å². The molecule has 2 aromatic carbocycles. The second-order valence-corrected chi connectivity index (χ2v) is 6.54. The molecule has 0 radical (unpaired) electrons. The monoisotopic (exact) mass is 403 g/mol. The first-order chi connectivity index (χ1) is 14.6. The van der Waals surface area contributed by atoms with E-state index in [9.17, 15) is 14.0 Å². The fourth-order valence-electron chi connectivity index (χ4n) is 3.15. The van der Waals surface area contributed by atoms with Gasteiger partial charge in [0.1, 0.15) is 11.5 Å². The highest BCUT2D eigenvalue weighted by molar-refractivity contribution is 5.99. The Morgan fingerprint density at radius 3 is 2.47 bits per heavy atom. The minimum Gasteiger partial charge on any atom is -0.267 e. The first-order valence-corrected chi connectivity index (χ1v) is 9.36. The second-order valence-electron chi connectivity index (χ2n) is 6.54. The molecular weight excluding hydrogens is 385 g/mol. The van der Waals surface area contributed by atoms with Crippen LogP contribution in [0, 0.1) is 5.82 Å². The molecule has 4 aromatic rings. The molecule has 0 aliphatic heterocycles. The number of hydrogen-bond acceptors (Lipinski definition) is 4. The van der Waals surface area contributed by atoms with Crippen molar-refractivity contribution in [2.75, 3.05) is 0 Å². The summed E-state index contributed by atoms with van der Waals surface area (Å²) in [4.78, 5) is 29.3. The zero-order valence-corrected chi connectivity index (χ0v) is 16.1. The lowest BCUT2D eigenvalue weighted by Gasteiger charge is -2.09. The van der Waals surface area contributed by atoms with Crippen molar-refractivity contribution in [3.05, 3.63) is 89.6 Å². The molecule has 7 nitrogen and oxygen atoms in total. The van der Waals surface area contributed by atoms with Gasteiger partial charge >= 0.3 is 0 Å². The number of pyridine rings is 1. The Kier molecular flexibility index (Phi) is 5.21. The van der Waals surface area contributed by atoms with Gasteiger partial charge in [-0.3, -0.25) is 20.4 Å². The molecule has 0 bridgehead atoms. The zero-order valence-electron chi connectivity index (χ0n) is 16.1. The van der Waals surface area contributed by atoms with Crippen molar-refractivity contribution < 1.29 is 14.0 Å². The molecule has 4 rings (SSSR count). The highest BCUT2D eigenvalue weighted by atomic mass is 19.1. The number of carbonyl (C=O) groups is 2. The number of nitrogens with zero attached hydrogens (tertiary/aromatic N) is 3. The van der Waals surface area contributed by atoms with Crippen LogP contribution in [0.5, 0.6) is 0 Å². The number of para-hydroxylation sites is 1. The standard InChI is InChI=1S/C22H18FN5O2/c1-2-20-17(13-24-28(20)16-10-8-15(23)9-11-16)21(29)26-27-22(30)19-12-7-14-5-3-4-6-18(14)25-19/h3-13H,2H2,1H3,(H,26,29)(H,27,30). The highest BCUT2D eigenvalue weighted by Gasteiger charge is 2.18. The zero-order chi connectivity index (χ0) is 21.1. The lowest BCUT2D eigenvalue weighted by atomic mass is 10.2. The summed E-state index contributed by atoms with van der Waals surface area (Å²) in [5.74, 6) is -1.39. The number of carbonyl (C=O) groups excluding carboxylic acids is 2. The van der Waals surface area contributed by atoms with Gasteiger partial charge in [0.15, 0.2) is 0 Å². The first-order valence-electron chi connectivity index (χ1n) is 9.36. The van der Waals surface area contributed by atoms with Crippen LogP contribution in [-0.2, 0) is 6.42 Å². The largest absolute Gasteiger partial charge is 0.288 e. The molecular formula is C22H18FN5O2.